The number of hydrogen-bond donors (Lipinski definition) is 0. The van der Waals surface area contributed by atoms with Gasteiger partial charge in [-0.25, -0.2) is 0 Å². The Kier molecular flexibility index (Phi) is 3.74. The molecule has 82 valence electrons. The molecule has 1 saturated heterocycles. The quantitative estimate of drug-likeness (QED) is 0.627. The molecule has 0 spiro atoms. The molecule has 0 N–H and O–H groups in total. The molecular formula is C8H13F3N2O. The average Bonchev–Trinajstić information content (AvgIpc) is 2.27. The van der Waals surface area contributed by atoms with Crippen molar-refractivity contribution < 1.29 is 18.0 Å². The number of carbonyl (C=O) groups excluding carboxylic acids is 1. The van der Waals surface area contributed by atoms with E-state index in [0.29, 0.717) is 39.0 Å². The fraction of sp³-hybridized carbons (Fsp3) is 0.875. The maximum absolute atomic E-state index is 12.0. The number of halogens is 3. The summed E-state index contributed by atoms with van der Waals surface area (Å²) >= 11 is 0. The Morgan fingerprint density at radius 2 is 1.86 bits per heavy atom. The van der Waals surface area contributed by atoms with Gasteiger partial charge >= 0.3 is 6.18 Å². The van der Waals surface area contributed by atoms with E-state index in [9.17, 15) is 18.0 Å². The second kappa shape index (κ2) is 4.63. The molecule has 1 aliphatic rings. The van der Waals surface area contributed by atoms with Crippen molar-refractivity contribution in [1.29, 1.82) is 0 Å². The van der Waals surface area contributed by atoms with Crippen molar-refractivity contribution in [2.24, 2.45) is 0 Å². The Bertz CT molecular complexity index is 196. The summed E-state index contributed by atoms with van der Waals surface area (Å²) < 4.78 is 36.1. The van der Waals surface area contributed by atoms with Crippen molar-refractivity contribution in [1.82, 2.24) is 9.80 Å². The van der Waals surface area contributed by atoms with Gasteiger partial charge in [0.2, 0.25) is 6.41 Å². The van der Waals surface area contributed by atoms with E-state index in [2.05, 4.69) is 0 Å². The molecule has 1 rings (SSSR count). The van der Waals surface area contributed by atoms with Crippen LogP contribution < -0.4 is 0 Å². The number of hydrogen-bond acceptors (Lipinski definition) is 2. The summed E-state index contributed by atoms with van der Waals surface area (Å²) in [5.41, 5.74) is 0. The largest absolute Gasteiger partial charge is 0.401 e. The monoisotopic (exact) mass is 210 g/mol. The molecule has 0 radical (unpaired) electrons. The van der Waals surface area contributed by atoms with E-state index in [4.69, 9.17) is 0 Å². The molecule has 1 aliphatic heterocycles. The van der Waals surface area contributed by atoms with Crippen LogP contribution in [0.4, 0.5) is 13.2 Å². The molecule has 0 unspecified atom stereocenters. The molecule has 0 bridgehead atoms. The first-order chi connectivity index (χ1) is 6.51. The molecular weight excluding hydrogens is 197 g/mol. The third kappa shape index (κ3) is 3.95. The van der Waals surface area contributed by atoms with Gasteiger partial charge in [-0.2, -0.15) is 13.2 Å². The number of alkyl halides is 3. The summed E-state index contributed by atoms with van der Waals surface area (Å²) in [5, 5.41) is 0. The van der Waals surface area contributed by atoms with Gasteiger partial charge in [-0.3, -0.25) is 9.69 Å². The van der Waals surface area contributed by atoms with Gasteiger partial charge in [-0.1, -0.05) is 0 Å². The van der Waals surface area contributed by atoms with E-state index in [1.54, 1.807) is 0 Å². The molecule has 0 aliphatic carbocycles. The third-order valence-corrected chi connectivity index (χ3v) is 2.18. The second-order valence-electron chi connectivity index (χ2n) is 3.39. The van der Waals surface area contributed by atoms with Crippen LogP contribution >= 0.6 is 0 Å². The van der Waals surface area contributed by atoms with Crippen molar-refractivity contribution in [3.8, 4) is 0 Å². The molecule has 0 aromatic carbocycles. The maximum Gasteiger partial charge on any atom is 0.401 e. The average molecular weight is 210 g/mol. The SMILES string of the molecule is O=CN1CCCN(CC(F)(F)F)CC1. The Morgan fingerprint density at radius 3 is 2.43 bits per heavy atom. The molecule has 0 aromatic heterocycles. The summed E-state index contributed by atoms with van der Waals surface area (Å²) in [6.07, 6.45) is -2.84. The number of amides is 1. The van der Waals surface area contributed by atoms with Crippen LogP contribution in [0.25, 0.3) is 0 Å². The minimum atomic E-state index is -4.14. The summed E-state index contributed by atoms with van der Waals surface area (Å²) in [6.45, 7) is 0.777. The Balaban J connectivity index is 2.38. The first-order valence-electron chi connectivity index (χ1n) is 4.50. The lowest BCUT2D eigenvalue weighted by atomic mass is 10.4. The highest BCUT2D eigenvalue weighted by molar-refractivity contribution is 5.46. The lowest BCUT2D eigenvalue weighted by molar-refractivity contribution is -0.145. The van der Waals surface area contributed by atoms with E-state index in [1.165, 1.54) is 9.80 Å². The van der Waals surface area contributed by atoms with Crippen LogP contribution in [0.3, 0.4) is 0 Å². The first kappa shape index (κ1) is 11.3. The minimum absolute atomic E-state index is 0.304. The number of nitrogens with zero attached hydrogens (tertiary/aromatic N) is 2. The van der Waals surface area contributed by atoms with Crippen LogP contribution in [-0.4, -0.2) is 55.1 Å². The predicted octanol–water partition coefficient (Wildman–Crippen LogP) is 0.713. The molecule has 14 heavy (non-hydrogen) atoms. The molecule has 1 heterocycles. The predicted molar refractivity (Wildman–Crippen MR) is 44.7 cm³/mol. The van der Waals surface area contributed by atoms with Crippen LogP contribution in [0.2, 0.25) is 0 Å². The van der Waals surface area contributed by atoms with Crippen molar-refractivity contribution >= 4 is 6.41 Å². The smallest absolute Gasteiger partial charge is 0.344 e. The highest BCUT2D eigenvalue weighted by atomic mass is 19.4. The van der Waals surface area contributed by atoms with Gasteiger partial charge in [0.15, 0.2) is 0 Å². The normalized spacial score (nSPS) is 20.6. The van der Waals surface area contributed by atoms with Gasteiger partial charge in [0, 0.05) is 26.2 Å². The van der Waals surface area contributed by atoms with E-state index in [-0.39, 0.29) is 0 Å². The number of rotatable bonds is 2. The van der Waals surface area contributed by atoms with E-state index in [0.717, 1.165) is 0 Å². The summed E-state index contributed by atoms with van der Waals surface area (Å²) in [6, 6.07) is 0. The van der Waals surface area contributed by atoms with Crippen molar-refractivity contribution in [2.75, 3.05) is 32.7 Å². The van der Waals surface area contributed by atoms with Gasteiger partial charge in [-0.15, -0.1) is 0 Å². The zero-order valence-electron chi connectivity index (χ0n) is 7.76. The maximum atomic E-state index is 12.0. The Labute approximate surface area is 80.5 Å². The van der Waals surface area contributed by atoms with Crippen molar-refractivity contribution in [3.63, 3.8) is 0 Å². The van der Waals surface area contributed by atoms with Gasteiger partial charge < -0.3 is 4.90 Å². The lowest BCUT2D eigenvalue weighted by Gasteiger charge is -2.21. The van der Waals surface area contributed by atoms with Crippen molar-refractivity contribution in [3.05, 3.63) is 0 Å². The molecule has 6 heteroatoms. The van der Waals surface area contributed by atoms with E-state index < -0.39 is 12.7 Å². The first-order valence-corrected chi connectivity index (χ1v) is 4.50. The third-order valence-electron chi connectivity index (χ3n) is 2.18. The molecule has 0 saturated carbocycles. The van der Waals surface area contributed by atoms with Crippen LogP contribution in [-0.2, 0) is 4.79 Å². The lowest BCUT2D eigenvalue weighted by Crippen LogP contribution is -2.37. The second-order valence-corrected chi connectivity index (χ2v) is 3.39. The Morgan fingerprint density at radius 1 is 1.14 bits per heavy atom. The summed E-state index contributed by atoms with van der Waals surface area (Å²) in [7, 11) is 0. The van der Waals surface area contributed by atoms with E-state index in [1.807, 2.05) is 0 Å². The molecule has 0 atom stereocenters. The molecule has 1 amide bonds. The van der Waals surface area contributed by atoms with Crippen LogP contribution in [0.5, 0.6) is 0 Å². The van der Waals surface area contributed by atoms with Gasteiger partial charge in [0.1, 0.15) is 0 Å². The van der Waals surface area contributed by atoms with Gasteiger partial charge in [-0.05, 0) is 6.42 Å². The fourth-order valence-corrected chi connectivity index (χ4v) is 1.51. The van der Waals surface area contributed by atoms with Gasteiger partial charge in [0.05, 0.1) is 6.54 Å². The highest BCUT2D eigenvalue weighted by Gasteiger charge is 2.31. The van der Waals surface area contributed by atoms with Crippen LogP contribution in [0.1, 0.15) is 6.42 Å². The fourth-order valence-electron chi connectivity index (χ4n) is 1.51. The zero-order valence-corrected chi connectivity index (χ0v) is 7.76. The minimum Gasteiger partial charge on any atom is -0.344 e. The van der Waals surface area contributed by atoms with Crippen LogP contribution in [0.15, 0.2) is 0 Å². The molecule has 3 nitrogen and oxygen atoms in total. The topological polar surface area (TPSA) is 23.6 Å². The van der Waals surface area contributed by atoms with Crippen molar-refractivity contribution in [2.45, 2.75) is 12.6 Å². The van der Waals surface area contributed by atoms with E-state index >= 15 is 0 Å². The summed E-state index contributed by atoms with van der Waals surface area (Å²) in [4.78, 5) is 13.2. The molecule has 1 fully saturated rings. The molecule has 0 aromatic rings. The van der Waals surface area contributed by atoms with Crippen LogP contribution in [0, 0.1) is 0 Å². The summed E-state index contributed by atoms with van der Waals surface area (Å²) in [5.74, 6) is 0. The zero-order chi connectivity index (χ0) is 10.6. The Hall–Kier alpha value is -0.780. The highest BCUT2D eigenvalue weighted by Crippen LogP contribution is 2.17. The van der Waals surface area contributed by atoms with Gasteiger partial charge in [0.25, 0.3) is 0 Å². The number of carbonyl (C=O) groups is 1. The standard InChI is InChI=1S/C8H13F3N2O/c9-8(10,11)6-12-2-1-3-13(7-14)5-4-12/h7H,1-6H2.